The molecule has 0 saturated heterocycles. The molecule has 0 atom stereocenters. The van der Waals surface area contributed by atoms with E-state index in [2.05, 4.69) is 20.8 Å². The van der Waals surface area contributed by atoms with Crippen LogP contribution >= 0.6 is 0 Å². The van der Waals surface area contributed by atoms with E-state index in [0.29, 0.717) is 24.7 Å². The van der Waals surface area contributed by atoms with Crippen LogP contribution in [0.2, 0.25) is 0 Å². The van der Waals surface area contributed by atoms with Crippen molar-refractivity contribution >= 4 is 11.7 Å². The Morgan fingerprint density at radius 2 is 2.25 bits per heavy atom. The molecule has 0 aliphatic carbocycles. The summed E-state index contributed by atoms with van der Waals surface area (Å²) in [7, 11) is 1.58. The van der Waals surface area contributed by atoms with E-state index in [9.17, 15) is 4.79 Å². The van der Waals surface area contributed by atoms with Gasteiger partial charge in [-0.2, -0.15) is 0 Å². The Morgan fingerprint density at radius 1 is 1.44 bits per heavy atom. The van der Waals surface area contributed by atoms with Crippen molar-refractivity contribution < 1.29 is 9.53 Å². The molecule has 0 unspecified atom stereocenters. The van der Waals surface area contributed by atoms with Gasteiger partial charge in [-0.3, -0.25) is 4.79 Å². The predicted octanol–water partition coefficient (Wildman–Crippen LogP) is 0.285. The Hall–Kier alpha value is -1.69. The number of methoxy groups -OCH3 is 1. The highest BCUT2D eigenvalue weighted by Crippen LogP contribution is 2.00. The van der Waals surface area contributed by atoms with Crippen LogP contribution in [0.3, 0.4) is 0 Å². The lowest BCUT2D eigenvalue weighted by Crippen LogP contribution is -2.27. The highest BCUT2D eigenvalue weighted by atomic mass is 16.5. The summed E-state index contributed by atoms with van der Waals surface area (Å²) in [6.07, 6.45) is 0. The first-order valence-corrected chi connectivity index (χ1v) is 5.12. The van der Waals surface area contributed by atoms with Crippen molar-refractivity contribution in [3.05, 3.63) is 17.8 Å². The van der Waals surface area contributed by atoms with E-state index in [4.69, 9.17) is 4.74 Å². The summed E-state index contributed by atoms with van der Waals surface area (Å²) in [6.45, 7) is 3.68. The van der Waals surface area contributed by atoms with Crippen LogP contribution in [0, 0.1) is 0 Å². The van der Waals surface area contributed by atoms with Crippen molar-refractivity contribution in [3.63, 3.8) is 0 Å². The van der Waals surface area contributed by atoms with Gasteiger partial charge in [-0.25, -0.2) is 0 Å². The number of amides is 1. The van der Waals surface area contributed by atoms with Crippen LogP contribution in [0.5, 0.6) is 0 Å². The van der Waals surface area contributed by atoms with Crippen LogP contribution in [0.15, 0.2) is 12.1 Å². The van der Waals surface area contributed by atoms with Crippen LogP contribution < -0.4 is 10.6 Å². The third-order valence-corrected chi connectivity index (χ3v) is 1.85. The molecule has 0 spiro atoms. The topological polar surface area (TPSA) is 76.1 Å². The maximum absolute atomic E-state index is 11.5. The first-order chi connectivity index (χ1) is 7.77. The first kappa shape index (κ1) is 12.4. The van der Waals surface area contributed by atoms with E-state index >= 15 is 0 Å². The number of carbonyl (C=O) groups is 1. The number of aromatic nitrogens is 2. The summed E-state index contributed by atoms with van der Waals surface area (Å²) >= 11 is 0. The first-order valence-electron chi connectivity index (χ1n) is 5.12. The molecule has 1 rings (SSSR count). The summed E-state index contributed by atoms with van der Waals surface area (Å²) in [6, 6.07) is 3.36. The van der Waals surface area contributed by atoms with Gasteiger partial charge in [-0.05, 0) is 19.1 Å². The molecule has 1 aromatic heterocycles. The Morgan fingerprint density at radius 3 is 2.81 bits per heavy atom. The normalized spacial score (nSPS) is 9.88. The van der Waals surface area contributed by atoms with Crippen LogP contribution in [0.25, 0.3) is 0 Å². The minimum absolute atomic E-state index is 0.243. The summed E-state index contributed by atoms with van der Waals surface area (Å²) in [5, 5.41) is 13.3. The summed E-state index contributed by atoms with van der Waals surface area (Å²) in [5.41, 5.74) is 0.303. The Bertz CT molecular complexity index is 326. The van der Waals surface area contributed by atoms with Crippen LogP contribution in [0.4, 0.5) is 5.82 Å². The van der Waals surface area contributed by atoms with Gasteiger partial charge in [0.15, 0.2) is 5.69 Å². The molecule has 0 fully saturated rings. The molecular formula is C10H16N4O2. The molecule has 1 heterocycles. The maximum Gasteiger partial charge on any atom is 0.271 e. The molecule has 1 amide bonds. The van der Waals surface area contributed by atoms with Crippen molar-refractivity contribution in [1.82, 2.24) is 15.5 Å². The SMILES string of the molecule is CCNc1ccc(C(=O)NCCOC)nn1. The van der Waals surface area contributed by atoms with Gasteiger partial charge >= 0.3 is 0 Å². The van der Waals surface area contributed by atoms with Crippen molar-refractivity contribution in [2.24, 2.45) is 0 Å². The van der Waals surface area contributed by atoms with Crippen molar-refractivity contribution in [2.75, 3.05) is 32.1 Å². The van der Waals surface area contributed by atoms with Crippen LogP contribution in [-0.2, 0) is 4.74 Å². The molecule has 0 radical (unpaired) electrons. The molecule has 6 nitrogen and oxygen atoms in total. The summed E-state index contributed by atoms with van der Waals surface area (Å²) in [5.74, 6) is 0.420. The second kappa shape index (κ2) is 6.73. The average Bonchev–Trinajstić information content (AvgIpc) is 2.30. The molecule has 88 valence electrons. The van der Waals surface area contributed by atoms with Gasteiger partial charge < -0.3 is 15.4 Å². The number of nitrogens with one attached hydrogen (secondary N) is 2. The number of carbonyl (C=O) groups excluding carboxylic acids is 1. The van der Waals surface area contributed by atoms with Gasteiger partial charge in [0.25, 0.3) is 5.91 Å². The third kappa shape index (κ3) is 3.82. The van der Waals surface area contributed by atoms with E-state index in [1.54, 1.807) is 19.2 Å². The van der Waals surface area contributed by atoms with E-state index in [0.717, 1.165) is 6.54 Å². The molecule has 0 aromatic carbocycles. The third-order valence-electron chi connectivity index (χ3n) is 1.85. The Kier molecular flexibility index (Phi) is 5.21. The highest BCUT2D eigenvalue weighted by Gasteiger charge is 2.06. The number of hydrogen-bond acceptors (Lipinski definition) is 5. The molecule has 0 bridgehead atoms. The van der Waals surface area contributed by atoms with E-state index < -0.39 is 0 Å². The number of rotatable bonds is 6. The van der Waals surface area contributed by atoms with Gasteiger partial charge in [-0.1, -0.05) is 0 Å². The molecular weight excluding hydrogens is 208 g/mol. The smallest absolute Gasteiger partial charge is 0.271 e. The zero-order valence-corrected chi connectivity index (χ0v) is 9.49. The van der Waals surface area contributed by atoms with Crippen molar-refractivity contribution in [1.29, 1.82) is 0 Å². The van der Waals surface area contributed by atoms with Crippen LogP contribution in [0.1, 0.15) is 17.4 Å². The second-order valence-electron chi connectivity index (χ2n) is 3.08. The Balaban J connectivity index is 2.49. The van der Waals surface area contributed by atoms with E-state index in [1.165, 1.54) is 0 Å². The minimum atomic E-state index is -0.243. The van der Waals surface area contributed by atoms with E-state index in [-0.39, 0.29) is 5.91 Å². The van der Waals surface area contributed by atoms with Gasteiger partial charge in [0.05, 0.1) is 6.61 Å². The predicted molar refractivity (Wildman–Crippen MR) is 60.4 cm³/mol. The fraction of sp³-hybridized carbons (Fsp3) is 0.500. The number of nitrogens with zero attached hydrogens (tertiary/aromatic N) is 2. The molecule has 16 heavy (non-hydrogen) atoms. The highest BCUT2D eigenvalue weighted by molar-refractivity contribution is 5.92. The molecule has 0 saturated carbocycles. The fourth-order valence-corrected chi connectivity index (χ4v) is 1.09. The molecule has 1 aromatic rings. The average molecular weight is 224 g/mol. The van der Waals surface area contributed by atoms with Gasteiger partial charge in [0, 0.05) is 20.2 Å². The van der Waals surface area contributed by atoms with Crippen molar-refractivity contribution in [3.8, 4) is 0 Å². The summed E-state index contributed by atoms with van der Waals surface area (Å²) in [4.78, 5) is 11.5. The standard InChI is InChI=1S/C10H16N4O2/c1-3-11-9-5-4-8(13-14-9)10(15)12-6-7-16-2/h4-5H,3,6-7H2,1-2H3,(H,11,14)(H,12,15). The maximum atomic E-state index is 11.5. The van der Waals surface area contributed by atoms with Gasteiger partial charge in [-0.15, -0.1) is 10.2 Å². The van der Waals surface area contributed by atoms with Crippen molar-refractivity contribution in [2.45, 2.75) is 6.92 Å². The minimum Gasteiger partial charge on any atom is -0.383 e. The lowest BCUT2D eigenvalue weighted by atomic mass is 10.3. The van der Waals surface area contributed by atoms with Gasteiger partial charge in [0.1, 0.15) is 5.82 Å². The number of ether oxygens (including phenoxy) is 1. The lowest BCUT2D eigenvalue weighted by Gasteiger charge is -2.04. The second-order valence-corrected chi connectivity index (χ2v) is 3.08. The largest absolute Gasteiger partial charge is 0.383 e. The molecule has 6 heteroatoms. The molecule has 0 aliphatic rings. The van der Waals surface area contributed by atoms with Gasteiger partial charge in [0.2, 0.25) is 0 Å². The molecule has 0 aliphatic heterocycles. The zero-order chi connectivity index (χ0) is 11.8. The number of hydrogen-bond donors (Lipinski definition) is 2. The monoisotopic (exact) mass is 224 g/mol. The fourth-order valence-electron chi connectivity index (χ4n) is 1.09. The molecule has 2 N–H and O–H groups in total. The van der Waals surface area contributed by atoms with E-state index in [1.807, 2.05) is 6.92 Å². The lowest BCUT2D eigenvalue weighted by molar-refractivity contribution is 0.0931. The zero-order valence-electron chi connectivity index (χ0n) is 9.49. The number of anilines is 1. The summed E-state index contributed by atoms with van der Waals surface area (Å²) < 4.78 is 4.82. The Labute approximate surface area is 94.4 Å². The van der Waals surface area contributed by atoms with Crippen LogP contribution in [-0.4, -0.2) is 42.9 Å². The quantitative estimate of drug-likeness (QED) is 0.679.